The van der Waals surface area contributed by atoms with Crippen molar-refractivity contribution >= 4 is 5.97 Å². The number of nitrogens with zero attached hydrogens (tertiary/aromatic N) is 1. The molecule has 18 heavy (non-hydrogen) atoms. The van der Waals surface area contributed by atoms with Crippen LogP contribution in [0.4, 0.5) is 0 Å². The number of ether oxygens (including phenoxy) is 2. The fraction of sp³-hybridized carbons (Fsp3) is 0.429. The molecule has 0 radical (unpaired) electrons. The van der Waals surface area contributed by atoms with E-state index in [1.807, 2.05) is 6.07 Å². The summed E-state index contributed by atoms with van der Waals surface area (Å²) in [5, 5.41) is 9.46. The van der Waals surface area contributed by atoms with Crippen molar-refractivity contribution in [1.29, 1.82) is 5.26 Å². The van der Waals surface area contributed by atoms with E-state index in [-0.39, 0.29) is 5.97 Å². The van der Waals surface area contributed by atoms with Crippen LogP contribution >= 0.6 is 0 Å². The smallest absolute Gasteiger partial charge is 0.337 e. The normalized spacial score (nSPS) is 17.8. The number of esters is 1. The predicted octanol–water partition coefficient (Wildman–Crippen LogP) is 2.04. The molecule has 0 aromatic heterocycles. The van der Waals surface area contributed by atoms with Crippen molar-refractivity contribution in [2.45, 2.75) is 18.3 Å². The van der Waals surface area contributed by atoms with E-state index in [4.69, 9.17) is 9.47 Å². The Morgan fingerprint density at radius 2 is 2.17 bits per heavy atom. The van der Waals surface area contributed by atoms with Gasteiger partial charge in [-0.3, -0.25) is 0 Å². The maximum atomic E-state index is 11.5. The van der Waals surface area contributed by atoms with Gasteiger partial charge >= 0.3 is 5.97 Å². The molecule has 1 aromatic carbocycles. The highest BCUT2D eigenvalue weighted by Crippen LogP contribution is 2.34. The van der Waals surface area contributed by atoms with E-state index < -0.39 is 5.41 Å². The number of hydrogen-bond acceptors (Lipinski definition) is 4. The third-order valence-electron chi connectivity index (χ3n) is 3.40. The molecule has 0 bridgehead atoms. The summed E-state index contributed by atoms with van der Waals surface area (Å²) in [5.74, 6) is -0.378. The predicted molar refractivity (Wildman–Crippen MR) is 65.1 cm³/mol. The Kier molecular flexibility index (Phi) is 3.63. The van der Waals surface area contributed by atoms with Crippen molar-refractivity contribution in [3.8, 4) is 6.07 Å². The van der Waals surface area contributed by atoms with E-state index in [1.165, 1.54) is 7.11 Å². The summed E-state index contributed by atoms with van der Waals surface area (Å²) < 4.78 is 10.0. The second-order valence-electron chi connectivity index (χ2n) is 4.38. The molecule has 1 heterocycles. The van der Waals surface area contributed by atoms with Crippen LogP contribution in [0.5, 0.6) is 0 Å². The van der Waals surface area contributed by atoms with E-state index in [0.29, 0.717) is 31.6 Å². The lowest BCUT2D eigenvalue weighted by Crippen LogP contribution is -2.32. The molecule has 2 rings (SSSR count). The zero-order valence-corrected chi connectivity index (χ0v) is 10.3. The van der Waals surface area contributed by atoms with Crippen LogP contribution in [0, 0.1) is 11.3 Å². The quantitative estimate of drug-likeness (QED) is 0.748. The first-order valence-corrected chi connectivity index (χ1v) is 5.90. The summed E-state index contributed by atoms with van der Waals surface area (Å²) in [4.78, 5) is 11.5. The van der Waals surface area contributed by atoms with Crippen molar-refractivity contribution in [1.82, 2.24) is 0 Å². The summed E-state index contributed by atoms with van der Waals surface area (Å²) in [6.07, 6.45) is 1.32. The lowest BCUT2D eigenvalue weighted by Gasteiger charge is -2.31. The van der Waals surface area contributed by atoms with Gasteiger partial charge in [0.15, 0.2) is 0 Å². The van der Waals surface area contributed by atoms with Crippen LogP contribution in [0.15, 0.2) is 24.3 Å². The Morgan fingerprint density at radius 3 is 2.78 bits per heavy atom. The molecule has 0 N–H and O–H groups in total. The Bertz CT molecular complexity index is 484. The maximum Gasteiger partial charge on any atom is 0.337 e. The van der Waals surface area contributed by atoms with Crippen LogP contribution in [0.25, 0.3) is 0 Å². The Labute approximate surface area is 106 Å². The fourth-order valence-electron chi connectivity index (χ4n) is 2.25. The van der Waals surface area contributed by atoms with Crippen molar-refractivity contribution in [2.24, 2.45) is 0 Å². The summed E-state index contributed by atoms with van der Waals surface area (Å²) >= 11 is 0. The zero-order chi connectivity index (χ0) is 13.0. The average Bonchev–Trinajstić information content (AvgIpc) is 2.47. The first-order valence-electron chi connectivity index (χ1n) is 5.90. The van der Waals surface area contributed by atoms with Gasteiger partial charge in [-0.15, -0.1) is 0 Å². The minimum absolute atomic E-state index is 0.378. The van der Waals surface area contributed by atoms with Crippen molar-refractivity contribution in [3.63, 3.8) is 0 Å². The SMILES string of the molecule is COC(=O)c1cccc(C2(C#N)CCOCC2)c1. The third-order valence-corrected chi connectivity index (χ3v) is 3.40. The van der Waals surface area contributed by atoms with Gasteiger partial charge in [0, 0.05) is 13.2 Å². The van der Waals surface area contributed by atoms with Crippen LogP contribution in [0.3, 0.4) is 0 Å². The van der Waals surface area contributed by atoms with E-state index >= 15 is 0 Å². The van der Waals surface area contributed by atoms with Gasteiger partial charge in [0.25, 0.3) is 0 Å². The molecular formula is C14H15NO3. The van der Waals surface area contributed by atoms with Crippen LogP contribution in [0.2, 0.25) is 0 Å². The van der Waals surface area contributed by atoms with Gasteiger partial charge < -0.3 is 9.47 Å². The molecule has 1 aromatic rings. The molecule has 1 aliphatic rings. The highest BCUT2D eigenvalue weighted by molar-refractivity contribution is 5.89. The summed E-state index contributed by atoms with van der Waals surface area (Å²) in [5.41, 5.74) is 0.815. The summed E-state index contributed by atoms with van der Waals surface area (Å²) in [6, 6.07) is 9.51. The third kappa shape index (κ3) is 2.22. The number of methoxy groups -OCH3 is 1. The van der Waals surface area contributed by atoms with Crippen LogP contribution in [-0.2, 0) is 14.9 Å². The lowest BCUT2D eigenvalue weighted by molar-refractivity contribution is 0.0599. The number of carbonyl (C=O) groups excluding carboxylic acids is 1. The first kappa shape index (κ1) is 12.6. The number of benzene rings is 1. The molecule has 0 unspecified atom stereocenters. The van der Waals surface area contributed by atoms with Gasteiger partial charge in [-0.25, -0.2) is 4.79 Å². The zero-order valence-electron chi connectivity index (χ0n) is 10.3. The van der Waals surface area contributed by atoms with Crippen LogP contribution in [-0.4, -0.2) is 26.3 Å². The van der Waals surface area contributed by atoms with Crippen LogP contribution in [0.1, 0.15) is 28.8 Å². The van der Waals surface area contributed by atoms with Gasteiger partial charge in [0.05, 0.1) is 24.2 Å². The van der Waals surface area contributed by atoms with Gasteiger partial charge in [0.1, 0.15) is 0 Å². The Hall–Kier alpha value is -1.86. The van der Waals surface area contributed by atoms with Crippen LogP contribution < -0.4 is 0 Å². The molecule has 94 valence electrons. The second-order valence-corrected chi connectivity index (χ2v) is 4.38. The van der Waals surface area contributed by atoms with Gasteiger partial charge in [0.2, 0.25) is 0 Å². The van der Waals surface area contributed by atoms with Crippen molar-refractivity contribution < 1.29 is 14.3 Å². The highest BCUT2D eigenvalue weighted by atomic mass is 16.5. The number of hydrogen-bond donors (Lipinski definition) is 0. The van der Waals surface area contributed by atoms with E-state index in [1.54, 1.807) is 18.2 Å². The molecule has 4 nitrogen and oxygen atoms in total. The van der Waals surface area contributed by atoms with Crippen molar-refractivity contribution in [2.75, 3.05) is 20.3 Å². The lowest BCUT2D eigenvalue weighted by atomic mass is 9.75. The average molecular weight is 245 g/mol. The summed E-state index contributed by atoms with van der Waals surface area (Å²) in [7, 11) is 1.35. The van der Waals surface area contributed by atoms with Gasteiger partial charge in [-0.2, -0.15) is 5.26 Å². The van der Waals surface area contributed by atoms with E-state index in [9.17, 15) is 10.1 Å². The molecular weight excluding hydrogens is 230 g/mol. The summed E-state index contributed by atoms with van der Waals surface area (Å²) in [6.45, 7) is 1.16. The second kappa shape index (κ2) is 5.19. The molecule has 1 aliphatic heterocycles. The molecule has 0 spiro atoms. The largest absolute Gasteiger partial charge is 0.465 e. The Morgan fingerprint density at radius 1 is 1.44 bits per heavy atom. The number of nitriles is 1. The highest BCUT2D eigenvalue weighted by Gasteiger charge is 2.34. The van der Waals surface area contributed by atoms with Gasteiger partial charge in [-0.05, 0) is 30.5 Å². The van der Waals surface area contributed by atoms with E-state index in [2.05, 4.69) is 6.07 Å². The fourth-order valence-corrected chi connectivity index (χ4v) is 2.25. The number of carbonyl (C=O) groups is 1. The molecule has 1 saturated heterocycles. The van der Waals surface area contributed by atoms with E-state index in [0.717, 1.165) is 5.56 Å². The first-order chi connectivity index (χ1) is 8.72. The minimum atomic E-state index is -0.539. The van der Waals surface area contributed by atoms with Crippen molar-refractivity contribution in [3.05, 3.63) is 35.4 Å². The molecule has 0 amide bonds. The number of rotatable bonds is 2. The topological polar surface area (TPSA) is 59.3 Å². The molecule has 0 atom stereocenters. The van der Waals surface area contributed by atoms with Gasteiger partial charge in [-0.1, -0.05) is 12.1 Å². The molecule has 0 aliphatic carbocycles. The monoisotopic (exact) mass is 245 g/mol. The molecule has 0 saturated carbocycles. The maximum absolute atomic E-state index is 11.5. The molecule has 1 fully saturated rings. The Balaban J connectivity index is 2.37. The molecule has 4 heteroatoms. The minimum Gasteiger partial charge on any atom is -0.465 e. The standard InChI is InChI=1S/C14H15NO3/c1-17-13(16)11-3-2-4-12(9-11)14(10-15)5-7-18-8-6-14/h2-4,9H,5-8H2,1H3.